The zero-order chi connectivity index (χ0) is 20.3. The molecule has 0 aliphatic carbocycles. The Morgan fingerprint density at radius 3 is 2.96 bits per heavy atom. The van der Waals surface area contributed by atoms with Crippen LogP contribution < -0.4 is 15.4 Å². The molecule has 1 atom stereocenters. The maximum absolute atomic E-state index is 13.2. The monoisotopic (exact) mass is 411 g/mol. The Balaban J connectivity index is 1.79. The molecular weight excluding hydrogens is 386 g/mol. The highest BCUT2D eigenvalue weighted by Gasteiger charge is 2.35. The third kappa shape index (κ3) is 4.29. The normalized spacial score (nSPS) is 20.1. The summed E-state index contributed by atoms with van der Waals surface area (Å²) in [4.78, 5) is 23.9. The minimum absolute atomic E-state index is 0.128. The number of rotatable bonds is 6. The second-order valence-corrected chi connectivity index (χ2v) is 8.84. The summed E-state index contributed by atoms with van der Waals surface area (Å²) >= 11 is 0. The highest BCUT2D eigenvalue weighted by Crippen LogP contribution is 2.35. The van der Waals surface area contributed by atoms with Crippen molar-refractivity contribution in [2.75, 3.05) is 45.3 Å². The Kier molecular flexibility index (Phi) is 6.21. The fraction of sp³-hybridized carbons (Fsp3) is 0.556. The van der Waals surface area contributed by atoms with Gasteiger partial charge in [0.15, 0.2) is 6.61 Å². The molecule has 3 rings (SSSR count). The van der Waals surface area contributed by atoms with E-state index in [9.17, 15) is 18.0 Å². The number of sulfonamides is 1. The van der Waals surface area contributed by atoms with Crippen LogP contribution in [0.3, 0.4) is 0 Å². The molecule has 154 valence electrons. The fourth-order valence-electron chi connectivity index (χ4n) is 3.43. The fourth-order valence-corrected chi connectivity index (χ4v) is 5.17. The number of ether oxygens (including phenoxy) is 2. The van der Waals surface area contributed by atoms with Gasteiger partial charge in [-0.05, 0) is 31.4 Å². The predicted octanol–water partition coefficient (Wildman–Crippen LogP) is 0.489. The van der Waals surface area contributed by atoms with E-state index in [2.05, 4.69) is 10.6 Å². The molecule has 0 saturated carbocycles. The molecule has 2 heterocycles. The predicted molar refractivity (Wildman–Crippen MR) is 102 cm³/mol. The topological polar surface area (TPSA) is 114 Å². The molecule has 0 radical (unpaired) electrons. The van der Waals surface area contributed by atoms with Gasteiger partial charge in [0.05, 0.1) is 23.1 Å². The van der Waals surface area contributed by atoms with Gasteiger partial charge in [0, 0.05) is 32.8 Å². The molecule has 2 aliphatic rings. The van der Waals surface area contributed by atoms with Crippen LogP contribution in [-0.2, 0) is 24.3 Å². The number of hydrogen-bond donors (Lipinski definition) is 2. The van der Waals surface area contributed by atoms with E-state index in [0.717, 1.165) is 0 Å². The molecule has 10 heteroatoms. The first-order valence-corrected chi connectivity index (χ1v) is 10.6. The number of amides is 2. The standard InChI is InChI=1S/C18H25N3O6S/c1-12-8-14-15(27-11-17(22)20-14)9-16(12)28(24,25)21-6-3-4-13(10-21)18(23)19-5-7-26-2/h8-9,13H,3-7,10-11H2,1-2H3,(H,19,23)(H,20,22)/t13-/m1/s1. The quantitative estimate of drug-likeness (QED) is 0.659. The van der Waals surface area contributed by atoms with E-state index < -0.39 is 15.9 Å². The Hall–Kier alpha value is -2.17. The van der Waals surface area contributed by atoms with E-state index in [4.69, 9.17) is 9.47 Å². The van der Waals surface area contributed by atoms with Crippen LogP contribution in [0.15, 0.2) is 17.0 Å². The van der Waals surface area contributed by atoms with Crippen molar-refractivity contribution >= 4 is 27.5 Å². The third-order valence-electron chi connectivity index (χ3n) is 4.89. The van der Waals surface area contributed by atoms with Crippen LogP contribution in [0.5, 0.6) is 5.75 Å². The lowest BCUT2D eigenvalue weighted by molar-refractivity contribution is -0.126. The molecule has 0 aromatic heterocycles. The summed E-state index contributed by atoms with van der Waals surface area (Å²) in [5, 5.41) is 5.45. The van der Waals surface area contributed by atoms with Gasteiger partial charge in [-0.15, -0.1) is 0 Å². The molecule has 2 amide bonds. The van der Waals surface area contributed by atoms with Crippen molar-refractivity contribution in [3.8, 4) is 5.75 Å². The molecule has 0 bridgehead atoms. The molecule has 1 aromatic rings. The van der Waals surface area contributed by atoms with Crippen molar-refractivity contribution in [1.82, 2.24) is 9.62 Å². The number of hydrogen-bond acceptors (Lipinski definition) is 6. The summed E-state index contributed by atoms with van der Waals surface area (Å²) < 4.78 is 38.1. The third-order valence-corrected chi connectivity index (χ3v) is 6.90. The van der Waals surface area contributed by atoms with Gasteiger partial charge in [-0.3, -0.25) is 9.59 Å². The van der Waals surface area contributed by atoms with E-state index in [1.807, 2.05) is 0 Å². The Bertz CT molecular complexity index is 870. The number of benzene rings is 1. The van der Waals surface area contributed by atoms with E-state index in [0.29, 0.717) is 49.5 Å². The average molecular weight is 411 g/mol. The first-order chi connectivity index (χ1) is 13.3. The summed E-state index contributed by atoms with van der Waals surface area (Å²) in [6.07, 6.45) is 1.25. The smallest absolute Gasteiger partial charge is 0.262 e. The number of nitrogens with zero attached hydrogens (tertiary/aromatic N) is 1. The number of carbonyl (C=O) groups excluding carboxylic acids is 2. The van der Waals surface area contributed by atoms with Crippen molar-refractivity contribution in [3.63, 3.8) is 0 Å². The number of methoxy groups -OCH3 is 1. The summed E-state index contributed by atoms with van der Waals surface area (Å²) in [7, 11) is -2.24. The Labute approximate surface area is 164 Å². The van der Waals surface area contributed by atoms with Gasteiger partial charge in [0.1, 0.15) is 5.75 Å². The summed E-state index contributed by atoms with van der Waals surface area (Å²) in [6, 6.07) is 3.04. The lowest BCUT2D eigenvalue weighted by atomic mass is 9.99. The van der Waals surface area contributed by atoms with Gasteiger partial charge in [-0.2, -0.15) is 4.31 Å². The van der Waals surface area contributed by atoms with E-state index in [-0.39, 0.29) is 29.9 Å². The zero-order valence-corrected chi connectivity index (χ0v) is 16.8. The van der Waals surface area contributed by atoms with Crippen molar-refractivity contribution in [1.29, 1.82) is 0 Å². The maximum atomic E-state index is 13.2. The maximum Gasteiger partial charge on any atom is 0.262 e. The van der Waals surface area contributed by atoms with Gasteiger partial charge in [-0.1, -0.05) is 0 Å². The number of carbonyl (C=O) groups is 2. The summed E-state index contributed by atoms with van der Waals surface area (Å²) in [5.41, 5.74) is 0.970. The molecule has 1 aromatic carbocycles. The molecule has 1 saturated heterocycles. The number of fused-ring (bicyclic) bond motifs is 1. The van der Waals surface area contributed by atoms with Crippen LogP contribution >= 0.6 is 0 Å². The first kappa shape index (κ1) is 20.6. The van der Waals surface area contributed by atoms with Gasteiger partial charge in [0.25, 0.3) is 5.91 Å². The molecule has 2 N–H and O–H groups in total. The Morgan fingerprint density at radius 2 is 2.21 bits per heavy atom. The minimum atomic E-state index is -3.80. The molecule has 2 aliphatic heterocycles. The highest BCUT2D eigenvalue weighted by molar-refractivity contribution is 7.89. The molecule has 28 heavy (non-hydrogen) atoms. The summed E-state index contributed by atoms with van der Waals surface area (Å²) in [6.45, 7) is 2.82. The Morgan fingerprint density at radius 1 is 1.43 bits per heavy atom. The highest BCUT2D eigenvalue weighted by atomic mass is 32.2. The van der Waals surface area contributed by atoms with Gasteiger partial charge >= 0.3 is 0 Å². The van der Waals surface area contributed by atoms with Crippen LogP contribution in [0.1, 0.15) is 18.4 Å². The van der Waals surface area contributed by atoms with Crippen molar-refractivity contribution < 1.29 is 27.5 Å². The lowest BCUT2D eigenvalue weighted by Gasteiger charge is -2.32. The zero-order valence-electron chi connectivity index (χ0n) is 16.0. The number of nitrogens with one attached hydrogen (secondary N) is 2. The van der Waals surface area contributed by atoms with Crippen molar-refractivity contribution in [2.45, 2.75) is 24.7 Å². The van der Waals surface area contributed by atoms with Crippen molar-refractivity contribution in [3.05, 3.63) is 17.7 Å². The van der Waals surface area contributed by atoms with Gasteiger partial charge in [-0.25, -0.2) is 8.42 Å². The number of piperidine rings is 1. The molecule has 1 fully saturated rings. The van der Waals surface area contributed by atoms with E-state index in [1.54, 1.807) is 20.1 Å². The van der Waals surface area contributed by atoms with Crippen molar-refractivity contribution in [2.24, 2.45) is 5.92 Å². The van der Waals surface area contributed by atoms with Crippen LogP contribution in [0.2, 0.25) is 0 Å². The second-order valence-electron chi connectivity index (χ2n) is 6.94. The summed E-state index contributed by atoms with van der Waals surface area (Å²) in [5.74, 6) is -0.505. The van der Waals surface area contributed by atoms with Crippen LogP contribution in [0, 0.1) is 12.8 Å². The van der Waals surface area contributed by atoms with E-state index >= 15 is 0 Å². The molecule has 0 spiro atoms. The SMILES string of the molecule is COCCNC(=O)[C@@H]1CCCN(S(=O)(=O)c2cc3c(cc2C)NC(=O)CO3)C1. The lowest BCUT2D eigenvalue weighted by Crippen LogP contribution is -2.46. The largest absolute Gasteiger partial charge is 0.482 e. The molecule has 0 unspecified atom stereocenters. The van der Waals surface area contributed by atoms with Gasteiger partial charge in [0.2, 0.25) is 15.9 Å². The van der Waals surface area contributed by atoms with Crippen LogP contribution in [-0.4, -0.2) is 64.5 Å². The van der Waals surface area contributed by atoms with Crippen LogP contribution in [0.25, 0.3) is 0 Å². The second kappa shape index (κ2) is 8.46. The van der Waals surface area contributed by atoms with E-state index in [1.165, 1.54) is 10.4 Å². The number of anilines is 1. The first-order valence-electron chi connectivity index (χ1n) is 9.17. The minimum Gasteiger partial charge on any atom is -0.482 e. The molecular formula is C18H25N3O6S. The number of aryl methyl sites for hydroxylation is 1. The van der Waals surface area contributed by atoms with Crippen LogP contribution in [0.4, 0.5) is 5.69 Å². The van der Waals surface area contributed by atoms with Gasteiger partial charge < -0.3 is 20.1 Å². The molecule has 9 nitrogen and oxygen atoms in total. The average Bonchev–Trinajstić information content (AvgIpc) is 2.67.